The van der Waals surface area contributed by atoms with Crippen molar-refractivity contribution in [3.63, 3.8) is 0 Å². The van der Waals surface area contributed by atoms with Gasteiger partial charge in [-0.25, -0.2) is 4.98 Å². The smallest absolute Gasteiger partial charge is 0.257 e. The zero-order chi connectivity index (χ0) is 19.1. The van der Waals surface area contributed by atoms with E-state index in [0.29, 0.717) is 21.4 Å². The number of nitrogens with zero attached hydrogens (tertiary/aromatic N) is 2. The van der Waals surface area contributed by atoms with E-state index >= 15 is 0 Å². The SMILES string of the molecule is Cc1c(Cl)ccc2sc(NC(=O)c3ccc(N4C(=O)CCC4=O)cc3)nc12. The van der Waals surface area contributed by atoms with Gasteiger partial charge in [-0.15, -0.1) is 0 Å². The summed E-state index contributed by atoms with van der Waals surface area (Å²) in [6.45, 7) is 1.88. The summed E-state index contributed by atoms with van der Waals surface area (Å²) in [5, 5.41) is 3.89. The van der Waals surface area contributed by atoms with Gasteiger partial charge >= 0.3 is 0 Å². The minimum Gasteiger partial charge on any atom is -0.298 e. The topological polar surface area (TPSA) is 79.4 Å². The van der Waals surface area contributed by atoms with Crippen LogP contribution in [0.3, 0.4) is 0 Å². The first kappa shape index (κ1) is 17.6. The lowest BCUT2D eigenvalue weighted by atomic mass is 10.2. The van der Waals surface area contributed by atoms with Crippen molar-refractivity contribution >= 4 is 61.7 Å². The number of aryl methyl sites for hydroxylation is 1. The Morgan fingerprint density at radius 2 is 1.78 bits per heavy atom. The van der Waals surface area contributed by atoms with Crippen molar-refractivity contribution in [2.24, 2.45) is 0 Å². The molecule has 3 aromatic rings. The number of carbonyl (C=O) groups is 3. The van der Waals surface area contributed by atoms with Crippen LogP contribution in [0.15, 0.2) is 36.4 Å². The highest BCUT2D eigenvalue weighted by molar-refractivity contribution is 7.22. The van der Waals surface area contributed by atoms with Crippen LogP contribution in [0.5, 0.6) is 0 Å². The zero-order valence-electron chi connectivity index (χ0n) is 14.3. The van der Waals surface area contributed by atoms with Gasteiger partial charge in [0, 0.05) is 23.4 Å². The van der Waals surface area contributed by atoms with Crippen LogP contribution in [0.2, 0.25) is 5.02 Å². The van der Waals surface area contributed by atoms with E-state index < -0.39 is 0 Å². The van der Waals surface area contributed by atoms with Gasteiger partial charge in [0.2, 0.25) is 11.8 Å². The quantitative estimate of drug-likeness (QED) is 0.670. The van der Waals surface area contributed by atoms with Gasteiger partial charge in [0.15, 0.2) is 5.13 Å². The van der Waals surface area contributed by atoms with Crippen LogP contribution in [0.1, 0.15) is 28.8 Å². The van der Waals surface area contributed by atoms with Crippen LogP contribution >= 0.6 is 22.9 Å². The van der Waals surface area contributed by atoms with Crippen molar-refractivity contribution in [2.75, 3.05) is 10.2 Å². The summed E-state index contributed by atoms with van der Waals surface area (Å²) >= 11 is 7.48. The van der Waals surface area contributed by atoms with E-state index in [1.54, 1.807) is 24.3 Å². The minimum atomic E-state index is -0.316. The molecule has 3 amide bonds. The summed E-state index contributed by atoms with van der Waals surface area (Å²) < 4.78 is 0.939. The number of carbonyl (C=O) groups excluding carboxylic acids is 3. The number of hydrogen-bond donors (Lipinski definition) is 1. The molecule has 0 aliphatic carbocycles. The fourth-order valence-electron chi connectivity index (χ4n) is 2.95. The lowest BCUT2D eigenvalue weighted by molar-refractivity contribution is -0.121. The van der Waals surface area contributed by atoms with Crippen molar-refractivity contribution in [1.82, 2.24) is 4.98 Å². The summed E-state index contributed by atoms with van der Waals surface area (Å²) in [6.07, 6.45) is 0.449. The molecule has 2 aromatic carbocycles. The Hall–Kier alpha value is -2.77. The number of amides is 3. The number of thiazole rings is 1. The standard InChI is InChI=1S/C19H14ClN3O3S/c1-10-13(20)6-7-14-17(10)21-19(27-14)22-18(26)11-2-4-12(5-3-11)23-15(24)8-9-16(23)25/h2-7H,8-9H2,1H3,(H,21,22,26). The van der Waals surface area contributed by atoms with Gasteiger partial charge < -0.3 is 0 Å². The average Bonchev–Trinajstić information content (AvgIpc) is 3.21. The van der Waals surface area contributed by atoms with Crippen LogP contribution in [0.25, 0.3) is 10.2 Å². The maximum Gasteiger partial charge on any atom is 0.257 e. The third-order valence-corrected chi connectivity index (χ3v) is 5.75. The Kier molecular flexibility index (Phi) is 4.41. The molecule has 136 valence electrons. The van der Waals surface area contributed by atoms with Gasteiger partial charge in [0.25, 0.3) is 5.91 Å². The Balaban J connectivity index is 1.54. The highest BCUT2D eigenvalue weighted by Crippen LogP contribution is 2.32. The molecular formula is C19H14ClN3O3S. The predicted molar refractivity (Wildman–Crippen MR) is 105 cm³/mol. The zero-order valence-corrected chi connectivity index (χ0v) is 15.9. The van der Waals surface area contributed by atoms with Crippen molar-refractivity contribution in [1.29, 1.82) is 0 Å². The van der Waals surface area contributed by atoms with E-state index in [-0.39, 0.29) is 30.6 Å². The second kappa shape index (κ2) is 6.75. The minimum absolute atomic E-state index is 0.222. The van der Waals surface area contributed by atoms with Gasteiger partial charge in [0.05, 0.1) is 15.9 Å². The molecule has 27 heavy (non-hydrogen) atoms. The highest BCUT2D eigenvalue weighted by atomic mass is 35.5. The number of benzene rings is 2. The maximum absolute atomic E-state index is 12.5. The first-order chi connectivity index (χ1) is 12.9. The molecule has 0 saturated carbocycles. The first-order valence-electron chi connectivity index (χ1n) is 8.27. The van der Waals surface area contributed by atoms with Crippen LogP contribution in [0, 0.1) is 6.92 Å². The van der Waals surface area contributed by atoms with E-state index in [2.05, 4.69) is 10.3 Å². The summed E-state index contributed by atoms with van der Waals surface area (Å²) in [6, 6.07) is 10.0. The molecule has 1 saturated heterocycles. The lowest BCUT2D eigenvalue weighted by Crippen LogP contribution is -2.28. The molecule has 0 unspecified atom stereocenters. The normalized spacial score (nSPS) is 14.2. The first-order valence-corrected chi connectivity index (χ1v) is 9.46. The van der Waals surface area contributed by atoms with Crippen LogP contribution in [0.4, 0.5) is 10.8 Å². The molecule has 1 N–H and O–H groups in total. The Bertz CT molecular complexity index is 1080. The van der Waals surface area contributed by atoms with E-state index in [4.69, 9.17) is 11.6 Å². The summed E-state index contributed by atoms with van der Waals surface area (Å²) in [7, 11) is 0. The molecule has 4 rings (SSSR count). The van der Waals surface area contributed by atoms with E-state index in [1.165, 1.54) is 11.3 Å². The molecule has 1 fully saturated rings. The lowest BCUT2D eigenvalue weighted by Gasteiger charge is -2.13. The van der Waals surface area contributed by atoms with E-state index in [0.717, 1.165) is 20.7 Å². The monoisotopic (exact) mass is 399 g/mol. The third kappa shape index (κ3) is 3.20. The third-order valence-electron chi connectivity index (χ3n) is 4.41. The number of rotatable bonds is 3. The van der Waals surface area contributed by atoms with Crippen molar-refractivity contribution in [2.45, 2.75) is 19.8 Å². The molecule has 6 nitrogen and oxygen atoms in total. The summed E-state index contributed by atoms with van der Waals surface area (Å²) in [5.41, 5.74) is 2.52. The summed E-state index contributed by atoms with van der Waals surface area (Å²) in [4.78, 5) is 41.7. The number of halogens is 1. The molecule has 1 aromatic heterocycles. The van der Waals surface area contributed by atoms with Gasteiger partial charge in [-0.05, 0) is 48.9 Å². The molecule has 0 spiro atoms. The number of hydrogen-bond acceptors (Lipinski definition) is 5. The molecular weight excluding hydrogens is 386 g/mol. The Morgan fingerprint density at radius 3 is 2.44 bits per heavy atom. The van der Waals surface area contributed by atoms with Gasteiger partial charge in [0.1, 0.15) is 0 Å². The van der Waals surface area contributed by atoms with Gasteiger partial charge in [-0.1, -0.05) is 22.9 Å². The maximum atomic E-state index is 12.5. The molecule has 0 radical (unpaired) electrons. The second-order valence-electron chi connectivity index (χ2n) is 6.16. The number of aromatic nitrogens is 1. The fourth-order valence-corrected chi connectivity index (χ4v) is 4.02. The van der Waals surface area contributed by atoms with Crippen molar-refractivity contribution in [3.8, 4) is 0 Å². The second-order valence-corrected chi connectivity index (χ2v) is 7.60. The van der Waals surface area contributed by atoms with Gasteiger partial charge in [-0.3, -0.25) is 24.6 Å². The largest absolute Gasteiger partial charge is 0.298 e. The van der Waals surface area contributed by atoms with Gasteiger partial charge in [-0.2, -0.15) is 0 Å². The fraction of sp³-hybridized carbons (Fsp3) is 0.158. The predicted octanol–water partition coefficient (Wildman–Crippen LogP) is 4.16. The molecule has 0 atom stereocenters. The molecule has 2 heterocycles. The Labute approximate surface area is 163 Å². The van der Waals surface area contributed by atoms with E-state index in [9.17, 15) is 14.4 Å². The number of imide groups is 1. The average molecular weight is 400 g/mol. The number of fused-ring (bicyclic) bond motifs is 1. The van der Waals surface area contributed by atoms with Crippen molar-refractivity contribution < 1.29 is 14.4 Å². The highest BCUT2D eigenvalue weighted by Gasteiger charge is 2.30. The summed E-state index contributed by atoms with van der Waals surface area (Å²) in [5.74, 6) is -0.759. The number of nitrogens with one attached hydrogen (secondary N) is 1. The van der Waals surface area contributed by atoms with Crippen LogP contribution in [-0.4, -0.2) is 22.7 Å². The Morgan fingerprint density at radius 1 is 1.11 bits per heavy atom. The van der Waals surface area contributed by atoms with Crippen LogP contribution in [-0.2, 0) is 9.59 Å². The van der Waals surface area contributed by atoms with Crippen molar-refractivity contribution in [3.05, 3.63) is 52.5 Å². The number of anilines is 2. The van der Waals surface area contributed by atoms with E-state index in [1.807, 2.05) is 19.1 Å². The molecule has 1 aliphatic heterocycles. The molecule has 8 heteroatoms. The van der Waals surface area contributed by atoms with Crippen LogP contribution < -0.4 is 10.2 Å². The molecule has 0 bridgehead atoms. The molecule has 1 aliphatic rings.